The zero-order valence-electron chi connectivity index (χ0n) is 8.91. The van der Waals surface area contributed by atoms with E-state index >= 15 is 0 Å². The summed E-state index contributed by atoms with van der Waals surface area (Å²) in [5.74, 6) is -1.62. The van der Waals surface area contributed by atoms with E-state index in [0.29, 0.717) is 0 Å². The summed E-state index contributed by atoms with van der Waals surface area (Å²) >= 11 is 3.01. The first-order valence-electron chi connectivity index (χ1n) is 4.71. The predicted octanol–water partition coefficient (Wildman–Crippen LogP) is 2.81. The molecule has 5 nitrogen and oxygen atoms in total. The van der Waals surface area contributed by atoms with Gasteiger partial charge in [0.2, 0.25) is 0 Å². The van der Waals surface area contributed by atoms with Crippen molar-refractivity contribution in [2.24, 2.45) is 0 Å². The molecule has 0 bridgehead atoms. The maximum Gasteiger partial charge on any atom is 0.345 e. The Kier molecular flexibility index (Phi) is 4.56. The van der Waals surface area contributed by atoms with Crippen LogP contribution < -0.4 is 0 Å². The minimum absolute atomic E-state index is 0.0656. The Morgan fingerprint density at radius 3 is 2.71 bits per heavy atom. The Morgan fingerprint density at radius 1 is 1.59 bits per heavy atom. The highest BCUT2D eigenvalue weighted by atomic mass is 79.9. The maximum atomic E-state index is 13.2. The van der Waals surface area contributed by atoms with Gasteiger partial charge >= 0.3 is 5.97 Å². The van der Waals surface area contributed by atoms with Gasteiger partial charge in [-0.05, 0) is 19.1 Å². The van der Waals surface area contributed by atoms with Gasteiger partial charge < -0.3 is 4.74 Å². The summed E-state index contributed by atoms with van der Waals surface area (Å²) in [6.45, 7) is 1.63. The van der Waals surface area contributed by atoms with Gasteiger partial charge in [0.1, 0.15) is 11.4 Å². The molecule has 0 N–H and O–H groups in total. The van der Waals surface area contributed by atoms with Crippen molar-refractivity contribution in [1.29, 1.82) is 0 Å². The second kappa shape index (κ2) is 5.72. The predicted molar refractivity (Wildman–Crippen MR) is 61.6 cm³/mol. The minimum atomic E-state index is -0.902. The van der Waals surface area contributed by atoms with Crippen molar-refractivity contribution in [3.63, 3.8) is 0 Å². The highest BCUT2D eigenvalue weighted by molar-refractivity contribution is 9.08. The summed E-state index contributed by atoms with van der Waals surface area (Å²) in [5.41, 5.74) is -0.703. The van der Waals surface area contributed by atoms with Gasteiger partial charge in [0.25, 0.3) is 5.69 Å². The highest BCUT2D eigenvalue weighted by Gasteiger charge is 2.26. The Morgan fingerprint density at radius 2 is 2.24 bits per heavy atom. The molecule has 0 atom stereocenters. The number of halogens is 2. The van der Waals surface area contributed by atoms with Gasteiger partial charge in [-0.1, -0.05) is 15.9 Å². The molecule has 1 aromatic rings. The molecule has 0 spiro atoms. The molecule has 0 saturated heterocycles. The van der Waals surface area contributed by atoms with Crippen LogP contribution in [0.3, 0.4) is 0 Å². The van der Waals surface area contributed by atoms with Gasteiger partial charge in [0, 0.05) is 10.9 Å². The lowest BCUT2D eigenvalue weighted by Gasteiger charge is -2.06. The van der Waals surface area contributed by atoms with Gasteiger partial charge in [-0.25, -0.2) is 9.18 Å². The summed E-state index contributed by atoms with van der Waals surface area (Å²) in [6.07, 6.45) is 0. The smallest absolute Gasteiger partial charge is 0.345 e. The van der Waals surface area contributed by atoms with Crippen LogP contribution in [0.2, 0.25) is 0 Å². The number of ether oxygens (including phenoxy) is 1. The lowest BCUT2D eigenvalue weighted by atomic mass is 10.1. The fourth-order valence-electron chi connectivity index (χ4n) is 1.34. The molecule has 1 aromatic carbocycles. The molecule has 0 heterocycles. The van der Waals surface area contributed by atoms with Gasteiger partial charge in [0.05, 0.1) is 11.5 Å². The van der Waals surface area contributed by atoms with Crippen LogP contribution in [0.25, 0.3) is 0 Å². The van der Waals surface area contributed by atoms with E-state index in [-0.39, 0.29) is 23.1 Å². The van der Waals surface area contributed by atoms with Gasteiger partial charge in [-0.15, -0.1) is 0 Å². The fraction of sp³-hybridized carbons (Fsp3) is 0.300. The number of carbonyl (C=O) groups is 1. The third-order valence-electron chi connectivity index (χ3n) is 1.98. The van der Waals surface area contributed by atoms with Crippen LogP contribution in [0.15, 0.2) is 12.1 Å². The largest absolute Gasteiger partial charge is 0.462 e. The normalized spacial score (nSPS) is 10.1. The van der Waals surface area contributed by atoms with Crippen LogP contribution in [-0.2, 0) is 10.1 Å². The molecule has 0 unspecified atom stereocenters. The lowest BCUT2D eigenvalue weighted by molar-refractivity contribution is -0.385. The number of hydrogen-bond acceptors (Lipinski definition) is 4. The first-order valence-corrected chi connectivity index (χ1v) is 5.83. The van der Waals surface area contributed by atoms with Crippen LogP contribution in [0.4, 0.5) is 10.1 Å². The zero-order chi connectivity index (χ0) is 13.0. The number of nitrogens with zero attached hydrogens (tertiary/aromatic N) is 1. The summed E-state index contributed by atoms with van der Waals surface area (Å²) in [7, 11) is 0. The van der Waals surface area contributed by atoms with Gasteiger partial charge in [-0.2, -0.15) is 0 Å². The molecule has 0 aromatic heterocycles. The first kappa shape index (κ1) is 13.6. The minimum Gasteiger partial charge on any atom is -0.462 e. The van der Waals surface area contributed by atoms with Crippen molar-refractivity contribution in [2.75, 3.05) is 6.61 Å². The van der Waals surface area contributed by atoms with E-state index in [1.807, 2.05) is 0 Å². The quantitative estimate of drug-likeness (QED) is 0.371. The van der Waals surface area contributed by atoms with Crippen LogP contribution in [0, 0.1) is 15.9 Å². The molecule has 0 amide bonds. The molecule has 1 rings (SSSR count). The molecule has 0 saturated carbocycles. The number of rotatable bonds is 4. The second-order valence-corrected chi connectivity index (χ2v) is 3.63. The molecule has 92 valence electrons. The third-order valence-corrected chi connectivity index (χ3v) is 2.58. The average Bonchev–Trinajstić information content (AvgIpc) is 2.27. The summed E-state index contributed by atoms with van der Waals surface area (Å²) in [6, 6.07) is 1.82. The van der Waals surface area contributed by atoms with E-state index in [0.717, 1.165) is 12.1 Å². The van der Waals surface area contributed by atoms with E-state index in [2.05, 4.69) is 20.7 Å². The number of carbonyl (C=O) groups excluding carboxylic acids is 1. The monoisotopic (exact) mass is 305 g/mol. The lowest BCUT2D eigenvalue weighted by Crippen LogP contribution is -2.10. The van der Waals surface area contributed by atoms with Crippen LogP contribution >= 0.6 is 15.9 Å². The zero-order valence-corrected chi connectivity index (χ0v) is 10.5. The Hall–Kier alpha value is -1.50. The van der Waals surface area contributed by atoms with Crippen molar-refractivity contribution in [3.8, 4) is 0 Å². The topological polar surface area (TPSA) is 69.4 Å². The van der Waals surface area contributed by atoms with Crippen LogP contribution in [0.5, 0.6) is 0 Å². The van der Waals surface area contributed by atoms with Gasteiger partial charge in [0.15, 0.2) is 0 Å². The van der Waals surface area contributed by atoms with E-state index in [9.17, 15) is 19.3 Å². The molecular weight excluding hydrogens is 297 g/mol. The van der Waals surface area contributed by atoms with Crippen molar-refractivity contribution >= 4 is 27.6 Å². The van der Waals surface area contributed by atoms with Crippen LogP contribution in [0.1, 0.15) is 22.8 Å². The molecule has 0 fully saturated rings. The van der Waals surface area contributed by atoms with Crippen molar-refractivity contribution < 1.29 is 18.8 Å². The molecular formula is C10H9BrFNO4. The van der Waals surface area contributed by atoms with E-state index in [1.54, 1.807) is 6.92 Å². The average molecular weight is 306 g/mol. The van der Waals surface area contributed by atoms with Gasteiger partial charge in [-0.3, -0.25) is 10.1 Å². The number of alkyl halides is 1. The molecule has 0 aliphatic rings. The molecule has 0 aliphatic carbocycles. The van der Waals surface area contributed by atoms with E-state index in [4.69, 9.17) is 0 Å². The molecule has 0 radical (unpaired) electrons. The number of hydrogen-bond donors (Lipinski definition) is 0. The number of esters is 1. The summed E-state index contributed by atoms with van der Waals surface area (Å²) in [5, 5.41) is 11.0. The SMILES string of the molecule is CCOC(=O)c1cc(F)cc(CBr)c1[N+](=O)[O-]. The summed E-state index contributed by atoms with van der Waals surface area (Å²) in [4.78, 5) is 21.6. The van der Waals surface area contributed by atoms with Crippen molar-refractivity contribution in [3.05, 3.63) is 39.2 Å². The Balaban J connectivity index is 3.40. The number of nitro groups is 1. The summed E-state index contributed by atoms with van der Waals surface area (Å²) < 4.78 is 17.9. The van der Waals surface area contributed by atoms with Crippen LogP contribution in [-0.4, -0.2) is 17.5 Å². The maximum absolute atomic E-state index is 13.2. The fourth-order valence-corrected chi connectivity index (χ4v) is 1.77. The standard InChI is InChI=1S/C10H9BrFNO4/c1-2-17-10(14)8-4-7(12)3-6(5-11)9(8)13(15)16/h3-4H,2,5H2,1H3. The van der Waals surface area contributed by atoms with Crippen molar-refractivity contribution in [2.45, 2.75) is 12.3 Å². The molecule has 0 aliphatic heterocycles. The Labute approximate surface area is 105 Å². The molecule has 17 heavy (non-hydrogen) atoms. The van der Waals surface area contributed by atoms with E-state index in [1.165, 1.54) is 0 Å². The Bertz CT molecular complexity index is 464. The highest BCUT2D eigenvalue weighted by Crippen LogP contribution is 2.27. The number of nitro benzene ring substituents is 1. The third kappa shape index (κ3) is 3.00. The van der Waals surface area contributed by atoms with Crippen molar-refractivity contribution in [1.82, 2.24) is 0 Å². The molecule has 7 heteroatoms. The van der Waals surface area contributed by atoms with E-state index < -0.39 is 22.4 Å². The second-order valence-electron chi connectivity index (χ2n) is 3.07. The number of benzene rings is 1. The first-order chi connectivity index (χ1) is 8.01.